The van der Waals surface area contributed by atoms with E-state index in [9.17, 15) is 14.4 Å². The third kappa shape index (κ3) is 2.43. The number of anilines is 1. The van der Waals surface area contributed by atoms with E-state index in [1.165, 1.54) is 6.20 Å². The van der Waals surface area contributed by atoms with Gasteiger partial charge >= 0.3 is 0 Å². The van der Waals surface area contributed by atoms with Gasteiger partial charge in [-0.1, -0.05) is 12.1 Å². The molecule has 8 nitrogen and oxygen atoms in total. The van der Waals surface area contributed by atoms with Crippen molar-refractivity contribution in [2.75, 3.05) is 11.9 Å². The van der Waals surface area contributed by atoms with E-state index in [1.807, 2.05) is 6.92 Å². The molecule has 4 rings (SSSR count). The van der Waals surface area contributed by atoms with Crippen LogP contribution >= 0.6 is 0 Å². The lowest BCUT2D eigenvalue weighted by atomic mass is 10.1. The third-order valence-electron chi connectivity index (χ3n) is 4.33. The fourth-order valence-electron chi connectivity index (χ4n) is 3.10. The minimum absolute atomic E-state index is 0.319. The number of aryl methyl sites for hydroxylation is 2. The zero-order valence-electron chi connectivity index (χ0n) is 14.2. The second-order valence-electron chi connectivity index (χ2n) is 6.09. The van der Waals surface area contributed by atoms with E-state index in [4.69, 9.17) is 0 Å². The van der Waals surface area contributed by atoms with Crippen LogP contribution < -0.4 is 5.32 Å². The number of rotatable bonds is 3. The topological polar surface area (TPSA) is 97.2 Å². The number of benzene rings is 1. The summed E-state index contributed by atoms with van der Waals surface area (Å²) in [6.45, 7) is 1.50. The molecular weight excluding hydrogens is 334 g/mol. The second kappa shape index (κ2) is 5.76. The number of imide groups is 1. The number of carbonyl (C=O) groups is 3. The summed E-state index contributed by atoms with van der Waals surface area (Å²) in [5.74, 6) is -1.39. The van der Waals surface area contributed by atoms with Crippen LogP contribution in [0, 0.1) is 6.92 Å². The standard InChI is InChI=1S/C18H15N5O3/c1-10-14-7-11(8-19-16(14)22(2)21-10)20-15(24)9-23-17(25)12-5-3-4-6-13(12)18(23)26/h3-8H,9H2,1-2H3,(H,20,24). The Bertz CT molecular complexity index is 1050. The Labute approximate surface area is 148 Å². The number of pyridine rings is 1. The van der Waals surface area contributed by atoms with Gasteiger partial charge in [0, 0.05) is 12.4 Å². The van der Waals surface area contributed by atoms with Crippen LogP contribution in [0.25, 0.3) is 11.0 Å². The molecule has 0 fully saturated rings. The average Bonchev–Trinajstić information content (AvgIpc) is 3.04. The van der Waals surface area contributed by atoms with Crippen molar-refractivity contribution < 1.29 is 14.4 Å². The summed E-state index contributed by atoms with van der Waals surface area (Å²) in [6.07, 6.45) is 1.52. The lowest BCUT2D eigenvalue weighted by molar-refractivity contribution is -0.116. The predicted octanol–water partition coefficient (Wildman–Crippen LogP) is 1.51. The van der Waals surface area contributed by atoms with E-state index in [2.05, 4.69) is 15.4 Å². The van der Waals surface area contributed by atoms with Crippen molar-refractivity contribution in [3.63, 3.8) is 0 Å². The molecule has 0 bridgehead atoms. The van der Waals surface area contributed by atoms with Crippen molar-refractivity contribution in [3.8, 4) is 0 Å². The fourth-order valence-corrected chi connectivity index (χ4v) is 3.10. The van der Waals surface area contributed by atoms with Gasteiger partial charge in [0.2, 0.25) is 5.91 Å². The quantitative estimate of drug-likeness (QED) is 0.723. The molecule has 2 aromatic heterocycles. The molecule has 0 atom stereocenters. The van der Waals surface area contributed by atoms with Gasteiger partial charge in [0.05, 0.1) is 28.7 Å². The van der Waals surface area contributed by atoms with Crippen molar-refractivity contribution >= 4 is 34.4 Å². The van der Waals surface area contributed by atoms with E-state index in [0.717, 1.165) is 16.0 Å². The molecule has 3 aromatic rings. The van der Waals surface area contributed by atoms with Gasteiger partial charge in [-0.05, 0) is 25.1 Å². The molecule has 1 aliphatic heterocycles. The van der Waals surface area contributed by atoms with Crippen LogP contribution in [0.15, 0.2) is 36.5 Å². The van der Waals surface area contributed by atoms with Gasteiger partial charge in [0.15, 0.2) is 5.65 Å². The van der Waals surface area contributed by atoms with Gasteiger partial charge in [-0.15, -0.1) is 0 Å². The highest BCUT2D eigenvalue weighted by molar-refractivity contribution is 6.22. The lowest BCUT2D eigenvalue weighted by Crippen LogP contribution is -2.37. The normalized spacial score (nSPS) is 13.4. The maximum Gasteiger partial charge on any atom is 0.262 e. The number of amides is 3. The molecule has 1 N–H and O–H groups in total. The molecule has 26 heavy (non-hydrogen) atoms. The Morgan fingerprint density at radius 2 is 1.81 bits per heavy atom. The maximum absolute atomic E-state index is 12.3. The molecule has 0 saturated carbocycles. The van der Waals surface area contributed by atoms with Crippen LogP contribution in [0.1, 0.15) is 26.4 Å². The monoisotopic (exact) mass is 349 g/mol. The highest BCUT2D eigenvalue weighted by Gasteiger charge is 2.36. The molecule has 1 aromatic carbocycles. The highest BCUT2D eigenvalue weighted by Crippen LogP contribution is 2.23. The number of nitrogens with zero attached hydrogens (tertiary/aromatic N) is 4. The van der Waals surface area contributed by atoms with E-state index >= 15 is 0 Å². The van der Waals surface area contributed by atoms with Crippen LogP contribution in [0.5, 0.6) is 0 Å². The number of nitrogens with one attached hydrogen (secondary N) is 1. The first-order valence-corrected chi connectivity index (χ1v) is 8.00. The fraction of sp³-hybridized carbons (Fsp3) is 0.167. The molecule has 3 heterocycles. The van der Waals surface area contributed by atoms with E-state index in [1.54, 1.807) is 42.1 Å². The first-order valence-electron chi connectivity index (χ1n) is 8.00. The minimum Gasteiger partial charge on any atom is -0.323 e. The molecular formula is C18H15N5O3. The Balaban J connectivity index is 1.52. The number of aromatic nitrogens is 3. The van der Waals surface area contributed by atoms with Gasteiger partial charge in [0.1, 0.15) is 6.54 Å². The summed E-state index contributed by atoms with van der Waals surface area (Å²) in [7, 11) is 1.79. The number of fused-ring (bicyclic) bond motifs is 2. The van der Waals surface area contributed by atoms with Crippen LogP contribution in [-0.2, 0) is 11.8 Å². The van der Waals surface area contributed by atoms with E-state index in [0.29, 0.717) is 22.5 Å². The molecule has 0 radical (unpaired) electrons. The summed E-state index contributed by atoms with van der Waals surface area (Å²) >= 11 is 0. The molecule has 1 aliphatic rings. The number of carbonyl (C=O) groups excluding carboxylic acids is 3. The second-order valence-corrected chi connectivity index (χ2v) is 6.09. The van der Waals surface area contributed by atoms with Crippen molar-refractivity contribution in [2.45, 2.75) is 6.92 Å². The van der Waals surface area contributed by atoms with Crippen LogP contribution in [0.2, 0.25) is 0 Å². The summed E-state index contributed by atoms with van der Waals surface area (Å²) in [5, 5.41) is 7.79. The van der Waals surface area contributed by atoms with E-state index < -0.39 is 17.7 Å². The molecule has 0 aliphatic carbocycles. The van der Waals surface area contributed by atoms with Crippen molar-refractivity contribution in [3.05, 3.63) is 53.3 Å². The van der Waals surface area contributed by atoms with Crippen molar-refractivity contribution in [2.24, 2.45) is 7.05 Å². The molecule has 0 saturated heterocycles. The average molecular weight is 349 g/mol. The van der Waals surface area contributed by atoms with Crippen molar-refractivity contribution in [1.29, 1.82) is 0 Å². The zero-order valence-corrected chi connectivity index (χ0v) is 14.2. The molecule has 0 spiro atoms. The Morgan fingerprint density at radius 1 is 1.15 bits per heavy atom. The van der Waals surface area contributed by atoms with Crippen LogP contribution in [-0.4, -0.2) is 43.9 Å². The largest absolute Gasteiger partial charge is 0.323 e. The SMILES string of the molecule is Cc1nn(C)c2ncc(NC(=O)CN3C(=O)c4ccccc4C3=O)cc12. The first kappa shape index (κ1) is 15.9. The minimum atomic E-state index is -0.470. The molecule has 8 heteroatoms. The molecule has 130 valence electrons. The van der Waals surface area contributed by atoms with Gasteiger partial charge < -0.3 is 5.32 Å². The summed E-state index contributed by atoms with van der Waals surface area (Å²) in [6, 6.07) is 8.30. The van der Waals surface area contributed by atoms with Gasteiger partial charge in [0.25, 0.3) is 11.8 Å². The number of hydrogen-bond donors (Lipinski definition) is 1. The number of hydrogen-bond acceptors (Lipinski definition) is 5. The summed E-state index contributed by atoms with van der Waals surface area (Å²) in [4.78, 5) is 42.2. The summed E-state index contributed by atoms with van der Waals surface area (Å²) in [5.41, 5.74) is 2.63. The maximum atomic E-state index is 12.3. The Hall–Kier alpha value is -3.55. The van der Waals surface area contributed by atoms with E-state index in [-0.39, 0.29) is 6.54 Å². The third-order valence-corrected chi connectivity index (χ3v) is 4.33. The molecule has 3 amide bonds. The van der Waals surface area contributed by atoms with Crippen molar-refractivity contribution in [1.82, 2.24) is 19.7 Å². The Morgan fingerprint density at radius 3 is 2.46 bits per heavy atom. The predicted molar refractivity (Wildman–Crippen MR) is 93.7 cm³/mol. The summed E-state index contributed by atoms with van der Waals surface area (Å²) < 4.78 is 1.66. The van der Waals surface area contributed by atoms with Crippen LogP contribution in [0.3, 0.4) is 0 Å². The van der Waals surface area contributed by atoms with Crippen LogP contribution in [0.4, 0.5) is 5.69 Å². The smallest absolute Gasteiger partial charge is 0.262 e. The zero-order chi connectivity index (χ0) is 18.4. The first-order chi connectivity index (χ1) is 12.5. The van der Waals surface area contributed by atoms with Gasteiger partial charge in [-0.2, -0.15) is 5.10 Å². The van der Waals surface area contributed by atoms with Gasteiger partial charge in [-0.25, -0.2) is 4.98 Å². The molecule has 0 unspecified atom stereocenters. The highest BCUT2D eigenvalue weighted by atomic mass is 16.2. The lowest BCUT2D eigenvalue weighted by Gasteiger charge is -2.13. The van der Waals surface area contributed by atoms with Gasteiger partial charge in [-0.3, -0.25) is 24.0 Å². The Kier molecular flexibility index (Phi) is 3.54.